The second kappa shape index (κ2) is 6.86. The van der Waals surface area contributed by atoms with Gasteiger partial charge < -0.3 is 10.4 Å². The smallest absolute Gasteiger partial charge is 0.0684 e. The number of hydrogen-bond acceptors (Lipinski definition) is 2. The van der Waals surface area contributed by atoms with Crippen molar-refractivity contribution < 1.29 is 5.11 Å². The van der Waals surface area contributed by atoms with Crippen LogP contribution in [-0.4, -0.2) is 10.7 Å². The zero-order valence-electron chi connectivity index (χ0n) is 14.1. The molecule has 1 heterocycles. The fraction of sp³-hybridized carbons (Fsp3) is 0.429. The van der Waals surface area contributed by atoms with Gasteiger partial charge in [0.25, 0.3) is 0 Å². The molecule has 1 saturated heterocycles. The molecule has 0 aliphatic carbocycles. The molecule has 2 nitrogen and oxygen atoms in total. The highest BCUT2D eigenvalue weighted by atomic mass is 16.3. The molecular weight excluding hydrogens is 282 g/mol. The summed E-state index contributed by atoms with van der Waals surface area (Å²) in [6, 6.07) is 21.4. The highest BCUT2D eigenvalue weighted by Crippen LogP contribution is 2.44. The summed E-state index contributed by atoms with van der Waals surface area (Å²) in [4.78, 5) is 0. The van der Waals surface area contributed by atoms with E-state index in [9.17, 15) is 5.11 Å². The number of hydrogen-bond donors (Lipinski definition) is 2. The zero-order valence-corrected chi connectivity index (χ0v) is 14.1. The van der Waals surface area contributed by atoms with Crippen LogP contribution in [0.15, 0.2) is 60.7 Å². The summed E-state index contributed by atoms with van der Waals surface area (Å²) < 4.78 is 0. The van der Waals surface area contributed by atoms with Gasteiger partial charge >= 0.3 is 0 Å². The summed E-state index contributed by atoms with van der Waals surface area (Å²) in [6.45, 7) is 4.21. The molecule has 1 fully saturated rings. The third-order valence-electron chi connectivity index (χ3n) is 5.16. The van der Waals surface area contributed by atoms with Gasteiger partial charge in [-0.05, 0) is 30.9 Å². The first-order valence-electron chi connectivity index (χ1n) is 8.70. The van der Waals surface area contributed by atoms with Crippen molar-refractivity contribution >= 4 is 0 Å². The van der Waals surface area contributed by atoms with E-state index < -0.39 is 5.60 Å². The first-order valence-corrected chi connectivity index (χ1v) is 8.70. The standard InChI is InChI=1S/C21H27NO/c1-3-10-18-20(17-13-8-5-9-14-17)22-19(15-21(18,2)23)16-11-6-4-7-12-16/h4-9,11-14,18-20,22-23H,3,10,15H2,1-2H3/t18-,19+,20+,21+/m1/s1. The van der Waals surface area contributed by atoms with E-state index in [-0.39, 0.29) is 18.0 Å². The minimum atomic E-state index is -0.664. The van der Waals surface area contributed by atoms with E-state index in [1.807, 2.05) is 19.1 Å². The number of rotatable bonds is 4. The zero-order chi connectivity index (χ0) is 16.3. The monoisotopic (exact) mass is 309 g/mol. The van der Waals surface area contributed by atoms with Crippen LogP contribution in [0.4, 0.5) is 0 Å². The first-order chi connectivity index (χ1) is 11.1. The van der Waals surface area contributed by atoms with Crippen molar-refractivity contribution in [1.29, 1.82) is 0 Å². The van der Waals surface area contributed by atoms with E-state index >= 15 is 0 Å². The maximum Gasteiger partial charge on any atom is 0.0684 e. The number of nitrogens with one attached hydrogen (secondary N) is 1. The van der Waals surface area contributed by atoms with E-state index in [1.54, 1.807) is 0 Å². The van der Waals surface area contributed by atoms with Crippen LogP contribution in [0.5, 0.6) is 0 Å². The molecule has 0 spiro atoms. The lowest BCUT2D eigenvalue weighted by atomic mass is 9.70. The minimum absolute atomic E-state index is 0.185. The van der Waals surface area contributed by atoms with Crippen molar-refractivity contribution in [1.82, 2.24) is 5.32 Å². The Kier molecular flexibility index (Phi) is 4.84. The molecule has 4 atom stereocenters. The summed E-state index contributed by atoms with van der Waals surface area (Å²) in [5.74, 6) is 0.231. The Hall–Kier alpha value is -1.64. The van der Waals surface area contributed by atoms with Crippen molar-refractivity contribution in [3.8, 4) is 0 Å². The normalized spacial score (nSPS) is 31.0. The van der Waals surface area contributed by atoms with Crippen LogP contribution in [0.1, 0.15) is 56.3 Å². The van der Waals surface area contributed by atoms with Gasteiger partial charge in [-0.2, -0.15) is 0 Å². The lowest BCUT2D eigenvalue weighted by molar-refractivity contribution is -0.0636. The Morgan fingerprint density at radius 3 is 2.13 bits per heavy atom. The van der Waals surface area contributed by atoms with Crippen LogP contribution < -0.4 is 5.32 Å². The van der Waals surface area contributed by atoms with Gasteiger partial charge in [0.1, 0.15) is 0 Å². The molecule has 0 bridgehead atoms. The lowest BCUT2D eigenvalue weighted by Gasteiger charge is -2.47. The molecule has 1 aliphatic rings. The predicted octanol–water partition coefficient (Wildman–Crippen LogP) is 4.63. The van der Waals surface area contributed by atoms with Gasteiger partial charge in [0.05, 0.1) is 5.60 Å². The van der Waals surface area contributed by atoms with E-state index in [0.717, 1.165) is 19.3 Å². The Labute approximate surface area is 139 Å². The summed E-state index contributed by atoms with van der Waals surface area (Å²) in [5.41, 5.74) is 1.86. The maximum absolute atomic E-state index is 11.2. The molecule has 0 aromatic heterocycles. The number of benzene rings is 2. The Morgan fingerprint density at radius 2 is 1.57 bits per heavy atom. The highest BCUT2D eigenvalue weighted by molar-refractivity contribution is 5.26. The largest absolute Gasteiger partial charge is 0.390 e. The molecule has 2 heteroatoms. The molecule has 2 aromatic carbocycles. The molecule has 0 saturated carbocycles. The SMILES string of the molecule is CCC[C@@H]1[C@H](c2ccccc2)N[C@H](c2ccccc2)C[C@]1(C)O. The predicted molar refractivity (Wildman–Crippen MR) is 95.1 cm³/mol. The molecule has 2 N–H and O–H groups in total. The number of piperidine rings is 1. The molecular formula is C21H27NO. The lowest BCUT2D eigenvalue weighted by Crippen LogP contribution is -2.51. The average Bonchev–Trinajstić information content (AvgIpc) is 2.58. The van der Waals surface area contributed by atoms with Crippen molar-refractivity contribution in [3.05, 3.63) is 71.8 Å². The molecule has 1 aliphatic heterocycles. The summed E-state index contributed by atoms with van der Waals surface area (Å²) >= 11 is 0. The van der Waals surface area contributed by atoms with Crippen LogP contribution in [0.3, 0.4) is 0 Å². The second-order valence-electron chi connectivity index (χ2n) is 6.97. The topological polar surface area (TPSA) is 32.3 Å². The third-order valence-corrected chi connectivity index (χ3v) is 5.16. The van der Waals surface area contributed by atoms with Gasteiger partial charge in [-0.15, -0.1) is 0 Å². The molecule has 0 radical (unpaired) electrons. The second-order valence-corrected chi connectivity index (χ2v) is 6.97. The number of aliphatic hydroxyl groups is 1. The van der Waals surface area contributed by atoms with Gasteiger partial charge in [0.2, 0.25) is 0 Å². The minimum Gasteiger partial charge on any atom is -0.390 e. The van der Waals surface area contributed by atoms with Crippen molar-refractivity contribution in [3.63, 3.8) is 0 Å². The summed E-state index contributed by atoms with van der Waals surface area (Å²) in [6.07, 6.45) is 2.87. The first kappa shape index (κ1) is 16.2. The third kappa shape index (κ3) is 3.49. The van der Waals surface area contributed by atoms with Crippen LogP contribution >= 0.6 is 0 Å². The van der Waals surface area contributed by atoms with Gasteiger partial charge in [-0.25, -0.2) is 0 Å². The Balaban J connectivity index is 1.95. The molecule has 23 heavy (non-hydrogen) atoms. The van der Waals surface area contributed by atoms with Crippen LogP contribution in [0.25, 0.3) is 0 Å². The summed E-state index contributed by atoms with van der Waals surface area (Å²) in [7, 11) is 0. The van der Waals surface area contributed by atoms with Gasteiger partial charge in [-0.1, -0.05) is 74.0 Å². The van der Waals surface area contributed by atoms with Crippen LogP contribution in [0.2, 0.25) is 0 Å². The molecule has 2 aromatic rings. The van der Waals surface area contributed by atoms with Crippen molar-refractivity contribution in [2.45, 2.75) is 50.8 Å². The maximum atomic E-state index is 11.2. The molecule has 0 unspecified atom stereocenters. The average molecular weight is 309 g/mol. The van der Waals surface area contributed by atoms with Crippen LogP contribution in [-0.2, 0) is 0 Å². The van der Waals surface area contributed by atoms with Gasteiger partial charge in [-0.3, -0.25) is 0 Å². The van der Waals surface area contributed by atoms with Crippen LogP contribution in [0, 0.1) is 5.92 Å². The van der Waals surface area contributed by atoms with E-state index in [0.29, 0.717) is 0 Å². The Bertz CT molecular complexity index is 608. The molecule has 122 valence electrons. The fourth-order valence-corrected chi connectivity index (χ4v) is 3.99. The molecule has 3 rings (SSSR count). The van der Waals surface area contributed by atoms with E-state index in [2.05, 4.69) is 60.8 Å². The highest BCUT2D eigenvalue weighted by Gasteiger charge is 2.44. The molecule has 0 amide bonds. The van der Waals surface area contributed by atoms with Gasteiger partial charge in [0, 0.05) is 18.0 Å². The fourth-order valence-electron chi connectivity index (χ4n) is 3.99. The summed E-state index contributed by atoms with van der Waals surface area (Å²) in [5, 5.41) is 15.0. The van der Waals surface area contributed by atoms with E-state index in [1.165, 1.54) is 11.1 Å². The quantitative estimate of drug-likeness (QED) is 0.863. The van der Waals surface area contributed by atoms with Gasteiger partial charge in [0.15, 0.2) is 0 Å². The van der Waals surface area contributed by atoms with Crippen molar-refractivity contribution in [2.75, 3.05) is 0 Å². The van der Waals surface area contributed by atoms with E-state index in [4.69, 9.17) is 0 Å². The van der Waals surface area contributed by atoms with Crippen molar-refractivity contribution in [2.24, 2.45) is 5.92 Å². The Morgan fingerprint density at radius 1 is 1.00 bits per heavy atom.